The molecule has 0 spiro atoms. The van der Waals surface area contributed by atoms with Gasteiger partial charge in [0.15, 0.2) is 0 Å². The molecule has 1 aromatic carbocycles. The van der Waals surface area contributed by atoms with Gasteiger partial charge in [0.05, 0.1) is 0 Å². The van der Waals surface area contributed by atoms with Gasteiger partial charge in [-0.2, -0.15) is 0 Å². The zero-order valence-electron chi connectivity index (χ0n) is 10.1. The quantitative estimate of drug-likeness (QED) is 0.812. The summed E-state index contributed by atoms with van der Waals surface area (Å²) in [7, 11) is 0. The van der Waals surface area contributed by atoms with Crippen LogP contribution in [0.15, 0.2) is 29.2 Å². The molecular weight excluding hydrogens is 256 g/mol. The molecule has 0 saturated carbocycles. The number of amides is 1. The monoisotopic (exact) mass is 274 g/mol. The molecule has 1 amide bonds. The van der Waals surface area contributed by atoms with E-state index in [4.69, 9.17) is 5.73 Å². The highest BCUT2D eigenvalue weighted by molar-refractivity contribution is 7.98. The molecule has 1 unspecified atom stereocenters. The second kappa shape index (κ2) is 8.39. The average molecular weight is 275 g/mol. The van der Waals surface area contributed by atoms with Gasteiger partial charge in [-0.25, -0.2) is 0 Å². The smallest absolute Gasteiger partial charge is 0.224 e. The van der Waals surface area contributed by atoms with Crippen LogP contribution in [0.3, 0.4) is 0 Å². The van der Waals surface area contributed by atoms with E-state index in [0.29, 0.717) is 12.8 Å². The van der Waals surface area contributed by atoms with Crippen LogP contribution in [-0.2, 0) is 4.79 Å². The van der Waals surface area contributed by atoms with Crippen molar-refractivity contribution in [3.63, 3.8) is 0 Å². The molecule has 96 valence electrons. The maximum Gasteiger partial charge on any atom is 0.224 e. The Labute approximate surface area is 113 Å². The van der Waals surface area contributed by atoms with Gasteiger partial charge in [0.2, 0.25) is 5.91 Å². The van der Waals surface area contributed by atoms with Crippen LogP contribution in [0.2, 0.25) is 0 Å². The summed E-state index contributed by atoms with van der Waals surface area (Å²) in [4.78, 5) is 12.7. The first-order valence-corrected chi connectivity index (χ1v) is 6.54. The lowest BCUT2D eigenvalue weighted by Gasteiger charge is -2.07. The van der Waals surface area contributed by atoms with Crippen LogP contribution >= 0.6 is 24.2 Å². The maximum absolute atomic E-state index is 11.5. The molecule has 5 heteroatoms. The van der Waals surface area contributed by atoms with Gasteiger partial charge in [0.1, 0.15) is 0 Å². The minimum Gasteiger partial charge on any atom is -0.328 e. The predicted octanol–water partition coefficient (Wildman–Crippen LogP) is 2.90. The Morgan fingerprint density at radius 1 is 1.53 bits per heavy atom. The zero-order valence-corrected chi connectivity index (χ0v) is 11.7. The molecule has 0 aromatic heterocycles. The lowest BCUT2D eigenvalue weighted by atomic mass is 10.2. The summed E-state index contributed by atoms with van der Waals surface area (Å²) in [5.74, 6) is 0.0237. The summed E-state index contributed by atoms with van der Waals surface area (Å²) in [6.07, 6.45) is 3.20. The van der Waals surface area contributed by atoms with E-state index in [9.17, 15) is 4.79 Å². The van der Waals surface area contributed by atoms with Gasteiger partial charge in [-0.1, -0.05) is 6.07 Å². The average Bonchev–Trinajstić information content (AvgIpc) is 2.26. The van der Waals surface area contributed by atoms with Crippen molar-refractivity contribution in [1.29, 1.82) is 0 Å². The SMILES string of the molecule is CSc1cccc(NC(=O)CCC(C)N)c1.Cl. The van der Waals surface area contributed by atoms with Crippen molar-refractivity contribution in [3.05, 3.63) is 24.3 Å². The van der Waals surface area contributed by atoms with Gasteiger partial charge in [-0.15, -0.1) is 24.2 Å². The second-order valence-electron chi connectivity index (χ2n) is 3.80. The third kappa shape index (κ3) is 6.56. The summed E-state index contributed by atoms with van der Waals surface area (Å²) < 4.78 is 0. The lowest BCUT2D eigenvalue weighted by Crippen LogP contribution is -2.19. The number of nitrogens with one attached hydrogen (secondary N) is 1. The van der Waals surface area contributed by atoms with E-state index < -0.39 is 0 Å². The fourth-order valence-corrected chi connectivity index (χ4v) is 1.74. The van der Waals surface area contributed by atoms with Crippen LogP contribution in [0.1, 0.15) is 19.8 Å². The molecule has 3 N–H and O–H groups in total. The normalized spacial score (nSPS) is 11.5. The number of benzene rings is 1. The highest BCUT2D eigenvalue weighted by Crippen LogP contribution is 2.19. The van der Waals surface area contributed by atoms with Crippen LogP contribution < -0.4 is 11.1 Å². The number of carbonyl (C=O) groups is 1. The molecule has 0 fully saturated rings. The van der Waals surface area contributed by atoms with E-state index in [1.165, 1.54) is 0 Å². The fourth-order valence-electron chi connectivity index (χ4n) is 1.28. The van der Waals surface area contributed by atoms with Gasteiger partial charge in [-0.05, 0) is 37.8 Å². The Hall–Kier alpha value is -0.710. The highest BCUT2D eigenvalue weighted by atomic mass is 35.5. The molecule has 0 aliphatic carbocycles. The summed E-state index contributed by atoms with van der Waals surface area (Å²) in [6, 6.07) is 7.89. The zero-order chi connectivity index (χ0) is 12.0. The van der Waals surface area contributed by atoms with Gasteiger partial charge >= 0.3 is 0 Å². The summed E-state index contributed by atoms with van der Waals surface area (Å²) in [6.45, 7) is 1.90. The van der Waals surface area contributed by atoms with E-state index in [-0.39, 0.29) is 24.4 Å². The van der Waals surface area contributed by atoms with Gasteiger partial charge in [0, 0.05) is 23.0 Å². The molecule has 3 nitrogen and oxygen atoms in total. The first-order valence-electron chi connectivity index (χ1n) is 5.31. The fraction of sp³-hybridized carbons (Fsp3) is 0.417. The van der Waals surface area contributed by atoms with E-state index >= 15 is 0 Å². The topological polar surface area (TPSA) is 55.1 Å². The Kier molecular flexibility index (Phi) is 8.04. The van der Waals surface area contributed by atoms with Crippen LogP contribution in [0, 0.1) is 0 Å². The molecule has 0 saturated heterocycles. The van der Waals surface area contributed by atoms with E-state index in [0.717, 1.165) is 10.6 Å². The Bertz CT molecular complexity index is 358. The number of halogens is 1. The molecular formula is C12H19ClN2OS. The third-order valence-electron chi connectivity index (χ3n) is 2.18. The largest absolute Gasteiger partial charge is 0.328 e. The minimum absolute atomic E-state index is 0. The summed E-state index contributed by atoms with van der Waals surface area (Å²) >= 11 is 1.66. The van der Waals surface area contributed by atoms with E-state index in [1.54, 1.807) is 11.8 Å². The molecule has 1 rings (SSSR count). The predicted molar refractivity (Wildman–Crippen MR) is 77.0 cm³/mol. The molecule has 0 bridgehead atoms. The van der Waals surface area contributed by atoms with Crippen LogP contribution in [-0.4, -0.2) is 18.2 Å². The summed E-state index contributed by atoms with van der Waals surface area (Å²) in [5, 5.41) is 2.86. The molecule has 0 radical (unpaired) electrons. The van der Waals surface area contributed by atoms with Crippen LogP contribution in [0.5, 0.6) is 0 Å². The second-order valence-corrected chi connectivity index (χ2v) is 4.68. The Balaban J connectivity index is 0.00000256. The number of anilines is 1. The van der Waals surface area contributed by atoms with Crippen molar-refractivity contribution in [2.45, 2.75) is 30.7 Å². The minimum atomic E-state index is 0. The van der Waals surface area contributed by atoms with Crippen molar-refractivity contribution in [3.8, 4) is 0 Å². The highest BCUT2D eigenvalue weighted by Gasteiger charge is 2.04. The van der Waals surface area contributed by atoms with Gasteiger partial charge in [-0.3, -0.25) is 4.79 Å². The van der Waals surface area contributed by atoms with Crippen LogP contribution in [0.25, 0.3) is 0 Å². The number of thioether (sulfide) groups is 1. The van der Waals surface area contributed by atoms with Gasteiger partial charge < -0.3 is 11.1 Å². The molecule has 0 aliphatic heterocycles. The Morgan fingerprint density at radius 2 is 2.24 bits per heavy atom. The van der Waals surface area contributed by atoms with E-state index in [2.05, 4.69) is 5.32 Å². The van der Waals surface area contributed by atoms with Crippen molar-refractivity contribution in [2.24, 2.45) is 5.73 Å². The van der Waals surface area contributed by atoms with Crippen molar-refractivity contribution < 1.29 is 4.79 Å². The van der Waals surface area contributed by atoms with Crippen molar-refractivity contribution in [1.82, 2.24) is 0 Å². The molecule has 1 aromatic rings. The third-order valence-corrected chi connectivity index (χ3v) is 2.91. The van der Waals surface area contributed by atoms with Crippen LogP contribution in [0.4, 0.5) is 5.69 Å². The van der Waals surface area contributed by atoms with Crippen molar-refractivity contribution >= 4 is 35.8 Å². The molecule has 17 heavy (non-hydrogen) atoms. The number of rotatable bonds is 5. The first-order chi connectivity index (χ1) is 7.61. The lowest BCUT2D eigenvalue weighted by molar-refractivity contribution is -0.116. The number of hydrogen-bond donors (Lipinski definition) is 2. The number of hydrogen-bond acceptors (Lipinski definition) is 3. The molecule has 0 aliphatic rings. The summed E-state index contributed by atoms with van der Waals surface area (Å²) in [5.41, 5.74) is 6.45. The number of carbonyl (C=O) groups excluding carboxylic acids is 1. The molecule has 1 atom stereocenters. The first kappa shape index (κ1) is 16.3. The maximum atomic E-state index is 11.5. The Morgan fingerprint density at radius 3 is 2.82 bits per heavy atom. The molecule has 0 heterocycles. The standard InChI is InChI=1S/C12H18N2OS.ClH/c1-9(13)6-7-12(15)14-10-4-3-5-11(8-10)16-2;/h3-5,8-9H,6-7,13H2,1-2H3,(H,14,15);1H. The number of nitrogens with two attached hydrogens (primary N) is 1. The van der Waals surface area contributed by atoms with Crippen molar-refractivity contribution in [2.75, 3.05) is 11.6 Å². The van der Waals surface area contributed by atoms with Gasteiger partial charge in [0.25, 0.3) is 0 Å². The van der Waals surface area contributed by atoms with E-state index in [1.807, 2.05) is 37.4 Å².